The molecule has 1 N–H and O–H groups in total. The van der Waals surface area contributed by atoms with E-state index in [1.807, 2.05) is 6.07 Å². The Morgan fingerprint density at radius 3 is 2.75 bits per heavy atom. The van der Waals surface area contributed by atoms with Gasteiger partial charge in [0.05, 0.1) is 6.20 Å². The lowest BCUT2D eigenvalue weighted by Gasteiger charge is -2.08. The van der Waals surface area contributed by atoms with Crippen molar-refractivity contribution in [3.05, 3.63) is 29.7 Å². The molecule has 8 heteroatoms. The predicted molar refractivity (Wildman–Crippen MR) is 72.8 cm³/mol. The number of aromatic nitrogens is 4. The van der Waals surface area contributed by atoms with E-state index in [9.17, 15) is 8.42 Å². The van der Waals surface area contributed by atoms with Gasteiger partial charge in [0.15, 0.2) is 5.03 Å². The minimum absolute atomic E-state index is 0.106. The molecule has 1 aliphatic carbocycles. The molecule has 0 atom stereocenters. The predicted octanol–water partition coefficient (Wildman–Crippen LogP) is 1.20. The van der Waals surface area contributed by atoms with E-state index in [1.54, 1.807) is 20.2 Å². The molecule has 0 radical (unpaired) electrons. The van der Waals surface area contributed by atoms with Crippen molar-refractivity contribution in [3.63, 3.8) is 0 Å². The molecule has 0 amide bonds. The van der Waals surface area contributed by atoms with E-state index < -0.39 is 10.0 Å². The van der Waals surface area contributed by atoms with Gasteiger partial charge >= 0.3 is 0 Å². The lowest BCUT2D eigenvalue weighted by molar-refractivity contribution is 0.580. The zero-order valence-electron chi connectivity index (χ0n) is 11.2. The van der Waals surface area contributed by atoms with Gasteiger partial charge in [-0.05, 0) is 25.8 Å². The maximum Gasteiger partial charge on any atom is 0.281 e. The van der Waals surface area contributed by atoms with Crippen LogP contribution in [0.4, 0.5) is 5.95 Å². The molecule has 20 heavy (non-hydrogen) atoms. The van der Waals surface area contributed by atoms with Crippen molar-refractivity contribution in [2.24, 2.45) is 7.05 Å². The number of aryl methyl sites for hydroxylation is 2. The molecule has 0 saturated heterocycles. The van der Waals surface area contributed by atoms with Crippen LogP contribution in [0.2, 0.25) is 0 Å². The Kier molecular flexibility index (Phi) is 2.97. The number of nitrogens with zero attached hydrogens (tertiary/aromatic N) is 4. The van der Waals surface area contributed by atoms with Gasteiger partial charge < -0.3 is 0 Å². The molecule has 0 bridgehead atoms. The highest BCUT2D eigenvalue weighted by atomic mass is 32.2. The van der Waals surface area contributed by atoms with Gasteiger partial charge in [-0.25, -0.2) is 14.7 Å². The number of rotatable bonds is 4. The van der Waals surface area contributed by atoms with Crippen LogP contribution in [0, 0.1) is 6.92 Å². The van der Waals surface area contributed by atoms with Gasteiger partial charge in [-0.3, -0.25) is 4.68 Å². The van der Waals surface area contributed by atoms with Crippen LogP contribution in [0.1, 0.15) is 30.0 Å². The summed E-state index contributed by atoms with van der Waals surface area (Å²) in [4.78, 5) is 8.23. The number of hydrogen-bond donors (Lipinski definition) is 1. The highest BCUT2D eigenvalue weighted by Gasteiger charge is 2.27. The topological polar surface area (TPSA) is 89.8 Å². The molecule has 2 aromatic heterocycles. The SMILES string of the molecule is Cc1cnn(C)c1S(=O)(=O)Nc1nccc(C2CC2)n1. The summed E-state index contributed by atoms with van der Waals surface area (Å²) in [5.74, 6) is 0.551. The smallest absolute Gasteiger partial charge is 0.255 e. The number of anilines is 1. The van der Waals surface area contributed by atoms with Crippen molar-refractivity contribution in [1.82, 2.24) is 19.7 Å². The Labute approximate surface area is 117 Å². The molecule has 0 aliphatic heterocycles. The first-order chi connectivity index (χ1) is 9.47. The molecule has 1 aliphatic rings. The average Bonchev–Trinajstić information content (AvgIpc) is 3.15. The van der Waals surface area contributed by atoms with Gasteiger partial charge in [0.1, 0.15) is 0 Å². The summed E-state index contributed by atoms with van der Waals surface area (Å²) < 4.78 is 28.4. The van der Waals surface area contributed by atoms with E-state index in [2.05, 4.69) is 19.8 Å². The lowest BCUT2D eigenvalue weighted by Crippen LogP contribution is -2.19. The third kappa shape index (κ3) is 2.38. The second-order valence-corrected chi connectivity index (χ2v) is 6.54. The summed E-state index contributed by atoms with van der Waals surface area (Å²) in [6.07, 6.45) is 5.29. The third-order valence-corrected chi connectivity index (χ3v) is 4.76. The van der Waals surface area contributed by atoms with E-state index in [1.165, 1.54) is 10.9 Å². The maximum absolute atomic E-state index is 12.3. The summed E-state index contributed by atoms with van der Waals surface area (Å²) >= 11 is 0. The van der Waals surface area contributed by atoms with Crippen molar-refractivity contribution >= 4 is 16.0 Å². The molecule has 1 saturated carbocycles. The van der Waals surface area contributed by atoms with Crippen molar-refractivity contribution in [2.45, 2.75) is 30.7 Å². The van der Waals surface area contributed by atoms with Crippen LogP contribution in [0.3, 0.4) is 0 Å². The molecule has 106 valence electrons. The molecular weight excluding hydrogens is 278 g/mol. The van der Waals surface area contributed by atoms with Gasteiger partial charge in [-0.15, -0.1) is 0 Å². The van der Waals surface area contributed by atoms with Crippen LogP contribution in [0.5, 0.6) is 0 Å². The van der Waals surface area contributed by atoms with Gasteiger partial charge in [0, 0.05) is 30.4 Å². The van der Waals surface area contributed by atoms with E-state index in [4.69, 9.17) is 0 Å². The fraction of sp³-hybridized carbons (Fsp3) is 0.417. The first-order valence-corrected chi connectivity index (χ1v) is 7.80. The molecule has 7 nitrogen and oxygen atoms in total. The molecule has 2 heterocycles. The Bertz CT molecular complexity index is 729. The summed E-state index contributed by atoms with van der Waals surface area (Å²) in [5.41, 5.74) is 1.47. The van der Waals surface area contributed by atoms with Crippen molar-refractivity contribution in [3.8, 4) is 0 Å². The first kappa shape index (κ1) is 13.0. The number of nitrogens with one attached hydrogen (secondary N) is 1. The van der Waals surface area contributed by atoms with Crippen molar-refractivity contribution < 1.29 is 8.42 Å². The van der Waals surface area contributed by atoms with Crippen molar-refractivity contribution in [2.75, 3.05) is 4.72 Å². The van der Waals surface area contributed by atoms with E-state index in [-0.39, 0.29) is 11.0 Å². The first-order valence-electron chi connectivity index (χ1n) is 6.32. The zero-order chi connectivity index (χ0) is 14.3. The largest absolute Gasteiger partial charge is 0.281 e. The van der Waals surface area contributed by atoms with Crippen LogP contribution in [0.25, 0.3) is 0 Å². The third-order valence-electron chi connectivity index (χ3n) is 3.21. The minimum Gasteiger partial charge on any atom is -0.255 e. The molecule has 2 aromatic rings. The zero-order valence-corrected chi connectivity index (χ0v) is 12.1. The molecule has 3 rings (SSSR count). The number of hydrogen-bond acceptors (Lipinski definition) is 5. The molecule has 0 aromatic carbocycles. The maximum atomic E-state index is 12.3. The Balaban J connectivity index is 1.92. The fourth-order valence-electron chi connectivity index (χ4n) is 2.12. The molecule has 1 fully saturated rings. The highest BCUT2D eigenvalue weighted by Crippen LogP contribution is 2.38. The molecule has 0 spiro atoms. The molecule has 0 unspecified atom stereocenters. The Hall–Kier alpha value is -1.96. The lowest BCUT2D eigenvalue weighted by atomic mass is 10.3. The Morgan fingerprint density at radius 2 is 2.15 bits per heavy atom. The Morgan fingerprint density at radius 1 is 1.40 bits per heavy atom. The van der Waals surface area contributed by atoms with Crippen molar-refractivity contribution in [1.29, 1.82) is 0 Å². The van der Waals surface area contributed by atoms with Crippen LogP contribution in [-0.4, -0.2) is 28.2 Å². The fourth-order valence-corrected chi connectivity index (χ4v) is 3.43. The molecular formula is C12H15N5O2S. The van der Waals surface area contributed by atoms with Gasteiger partial charge in [0.2, 0.25) is 5.95 Å². The minimum atomic E-state index is -3.73. The second-order valence-electron chi connectivity index (χ2n) is 4.94. The quantitative estimate of drug-likeness (QED) is 0.914. The summed E-state index contributed by atoms with van der Waals surface area (Å²) in [6.45, 7) is 1.70. The average molecular weight is 293 g/mol. The van der Waals surface area contributed by atoms with E-state index in [0.29, 0.717) is 11.5 Å². The van der Waals surface area contributed by atoms with Gasteiger partial charge in [-0.2, -0.15) is 13.5 Å². The number of sulfonamides is 1. The standard InChI is InChI=1S/C12H15N5O2S/c1-8-7-14-17(2)11(8)20(18,19)16-12-13-6-5-10(15-12)9-3-4-9/h5-7,9H,3-4H2,1-2H3,(H,13,15,16). The van der Waals surface area contributed by atoms with E-state index in [0.717, 1.165) is 18.5 Å². The second kappa shape index (κ2) is 4.55. The van der Waals surface area contributed by atoms with Gasteiger partial charge in [-0.1, -0.05) is 0 Å². The summed E-state index contributed by atoms with van der Waals surface area (Å²) in [6, 6.07) is 1.82. The van der Waals surface area contributed by atoms with Gasteiger partial charge in [0.25, 0.3) is 10.0 Å². The summed E-state index contributed by atoms with van der Waals surface area (Å²) in [5, 5.41) is 4.06. The van der Waals surface area contributed by atoms with E-state index >= 15 is 0 Å². The monoisotopic (exact) mass is 293 g/mol. The van der Waals surface area contributed by atoms with Crippen LogP contribution in [-0.2, 0) is 17.1 Å². The highest BCUT2D eigenvalue weighted by molar-refractivity contribution is 7.92. The normalized spacial score (nSPS) is 15.3. The van der Waals surface area contributed by atoms with Crippen LogP contribution >= 0.6 is 0 Å². The van der Waals surface area contributed by atoms with Crippen LogP contribution < -0.4 is 4.72 Å². The summed E-state index contributed by atoms with van der Waals surface area (Å²) in [7, 11) is -2.14. The van der Waals surface area contributed by atoms with Crippen LogP contribution in [0.15, 0.2) is 23.5 Å².